The van der Waals surface area contributed by atoms with E-state index in [2.05, 4.69) is 24.9 Å². The summed E-state index contributed by atoms with van der Waals surface area (Å²) < 4.78 is 0. The maximum Gasteiger partial charge on any atom is 0.0509 e. The number of anilines is 1. The molecule has 0 fully saturated rings. The van der Waals surface area contributed by atoms with E-state index in [1.54, 1.807) is 0 Å². The molecule has 0 aliphatic rings. The van der Waals surface area contributed by atoms with Gasteiger partial charge in [-0.15, -0.1) is 12.4 Å². The number of H-pyrrole nitrogens is 1. The Bertz CT molecular complexity index is 472. The lowest BCUT2D eigenvalue weighted by atomic mass is 10.1. The Morgan fingerprint density at radius 2 is 1.71 bits per heavy atom. The first kappa shape index (κ1) is 10.9. The van der Waals surface area contributed by atoms with Gasteiger partial charge in [0.2, 0.25) is 0 Å². The number of aryl methyl sites for hydroxylation is 3. The number of fused-ring (bicyclic) bond motifs is 1. The van der Waals surface area contributed by atoms with Gasteiger partial charge < -0.3 is 10.7 Å². The van der Waals surface area contributed by atoms with Gasteiger partial charge in [-0.1, -0.05) is 6.07 Å². The van der Waals surface area contributed by atoms with Gasteiger partial charge in [0.25, 0.3) is 0 Å². The lowest BCUT2D eigenvalue weighted by Gasteiger charge is -2.00. The minimum atomic E-state index is 0. The first-order chi connectivity index (χ1) is 6.11. The maximum atomic E-state index is 5.83. The van der Waals surface area contributed by atoms with Gasteiger partial charge in [-0.3, -0.25) is 0 Å². The van der Waals surface area contributed by atoms with Crippen molar-refractivity contribution in [2.24, 2.45) is 0 Å². The highest BCUT2D eigenvalue weighted by molar-refractivity contribution is 5.90. The molecule has 3 heteroatoms. The van der Waals surface area contributed by atoms with Gasteiger partial charge in [0.05, 0.1) is 5.52 Å². The molecule has 0 atom stereocenters. The Labute approximate surface area is 89.9 Å². The largest absolute Gasteiger partial charge is 0.398 e. The van der Waals surface area contributed by atoms with Gasteiger partial charge in [0, 0.05) is 16.8 Å². The van der Waals surface area contributed by atoms with Crippen LogP contribution >= 0.6 is 12.4 Å². The van der Waals surface area contributed by atoms with Crippen molar-refractivity contribution < 1.29 is 0 Å². The first-order valence-electron chi connectivity index (χ1n) is 4.45. The zero-order valence-corrected chi connectivity index (χ0v) is 9.46. The zero-order chi connectivity index (χ0) is 9.59. The summed E-state index contributed by atoms with van der Waals surface area (Å²) in [6.45, 7) is 6.27. The average molecular weight is 211 g/mol. The van der Waals surface area contributed by atoms with Crippen molar-refractivity contribution in [3.63, 3.8) is 0 Å². The van der Waals surface area contributed by atoms with E-state index in [4.69, 9.17) is 5.73 Å². The van der Waals surface area contributed by atoms with E-state index in [1.165, 1.54) is 22.2 Å². The van der Waals surface area contributed by atoms with Crippen LogP contribution in [0.25, 0.3) is 10.9 Å². The van der Waals surface area contributed by atoms with Gasteiger partial charge in [-0.2, -0.15) is 0 Å². The first-order valence-corrected chi connectivity index (χ1v) is 4.45. The molecule has 76 valence electrons. The topological polar surface area (TPSA) is 41.8 Å². The Morgan fingerprint density at radius 3 is 2.36 bits per heavy atom. The summed E-state index contributed by atoms with van der Waals surface area (Å²) >= 11 is 0. The lowest BCUT2D eigenvalue weighted by molar-refractivity contribution is 1.25. The Morgan fingerprint density at radius 1 is 1.07 bits per heavy atom. The van der Waals surface area contributed by atoms with Crippen LogP contribution in [0.5, 0.6) is 0 Å². The highest BCUT2D eigenvalue weighted by Crippen LogP contribution is 2.26. The summed E-state index contributed by atoms with van der Waals surface area (Å²) in [5, 5.41) is 1.28. The second kappa shape index (κ2) is 3.54. The highest BCUT2D eigenvalue weighted by atomic mass is 35.5. The van der Waals surface area contributed by atoms with Crippen LogP contribution < -0.4 is 5.73 Å². The quantitative estimate of drug-likeness (QED) is 0.645. The molecule has 0 amide bonds. The van der Waals surface area contributed by atoms with E-state index in [9.17, 15) is 0 Å². The molecule has 2 rings (SSSR count). The molecular formula is C11H15ClN2. The van der Waals surface area contributed by atoms with Crippen LogP contribution in [-0.4, -0.2) is 4.98 Å². The SMILES string of the molecule is Cc1[nH]c2c(C)c(N)ccc2c1C.Cl. The van der Waals surface area contributed by atoms with Crippen molar-refractivity contribution in [3.8, 4) is 0 Å². The third kappa shape index (κ3) is 1.36. The normalized spacial score (nSPS) is 10.2. The third-order valence-corrected chi connectivity index (χ3v) is 2.79. The summed E-state index contributed by atoms with van der Waals surface area (Å²) in [6, 6.07) is 4.05. The van der Waals surface area contributed by atoms with E-state index >= 15 is 0 Å². The number of nitrogen functional groups attached to an aromatic ring is 1. The van der Waals surface area contributed by atoms with E-state index in [0.29, 0.717) is 0 Å². The van der Waals surface area contributed by atoms with Crippen LogP contribution in [0.2, 0.25) is 0 Å². The number of rotatable bonds is 0. The molecule has 14 heavy (non-hydrogen) atoms. The minimum Gasteiger partial charge on any atom is -0.398 e. The predicted octanol–water partition coefficient (Wildman–Crippen LogP) is 3.10. The number of halogens is 1. The van der Waals surface area contributed by atoms with E-state index in [-0.39, 0.29) is 12.4 Å². The van der Waals surface area contributed by atoms with Gasteiger partial charge in [0.1, 0.15) is 0 Å². The van der Waals surface area contributed by atoms with Crippen molar-refractivity contribution in [1.82, 2.24) is 4.98 Å². The van der Waals surface area contributed by atoms with Crippen LogP contribution in [0, 0.1) is 20.8 Å². The summed E-state index contributed by atoms with van der Waals surface area (Å²) in [5.41, 5.74) is 11.5. The van der Waals surface area contributed by atoms with Crippen LogP contribution in [0.1, 0.15) is 16.8 Å². The number of benzene rings is 1. The van der Waals surface area contributed by atoms with Crippen molar-refractivity contribution in [3.05, 3.63) is 29.0 Å². The van der Waals surface area contributed by atoms with Gasteiger partial charge in [-0.05, 0) is 38.0 Å². The highest BCUT2D eigenvalue weighted by Gasteiger charge is 2.07. The molecule has 0 aliphatic heterocycles. The van der Waals surface area contributed by atoms with E-state index in [0.717, 1.165) is 11.3 Å². The fraction of sp³-hybridized carbons (Fsp3) is 0.273. The minimum absolute atomic E-state index is 0. The van der Waals surface area contributed by atoms with Crippen LogP contribution in [0.4, 0.5) is 5.69 Å². The number of hydrogen-bond donors (Lipinski definition) is 2. The predicted molar refractivity (Wildman–Crippen MR) is 64.2 cm³/mol. The molecule has 1 aromatic carbocycles. The number of aromatic nitrogens is 1. The summed E-state index contributed by atoms with van der Waals surface area (Å²) in [7, 11) is 0. The Balaban J connectivity index is 0.000000980. The fourth-order valence-corrected chi connectivity index (χ4v) is 1.68. The van der Waals surface area contributed by atoms with E-state index in [1.807, 2.05) is 13.0 Å². The number of hydrogen-bond acceptors (Lipinski definition) is 1. The fourth-order valence-electron chi connectivity index (χ4n) is 1.68. The molecule has 0 unspecified atom stereocenters. The smallest absolute Gasteiger partial charge is 0.0509 e. The molecular weight excluding hydrogens is 196 g/mol. The van der Waals surface area contributed by atoms with Crippen molar-refractivity contribution in [2.45, 2.75) is 20.8 Å². The molecule has 2 nitrogen and oxygen atoms in total. The summed E-state index contributed by atoms with van der Waals surface area (Å²) in [4.78, 5) is 3.36. The summed E-state index contributed by atoms with van der Waals surface area (Å²) in [5.74, 6) is 0. The molecule has 2 aromatic rings. The third-order valence-electron chi connectivity index (χ3n) is 2.79. The van der Waals surface area contributed by atoms with E-state index < -0.39 is 0 Å². The Hall–Kier alpha value is -1.15. The number of aromatic amines is 1. The molecule has 3 N–H and O–H groups in total. The van der Waals surface area contributed by atoms with Gasteiger partial charge in [0.15, 0.2) is 0 Å². The molecule has 0 spiro atoms. The molecule has 1 heterocycles. The second-order valence-electron chi connectivity index (χ2n) is 3.58. The van der Waals surface area contributed by atoms with Crippen molar-refractivity contribution in [1.29, 1.82) is 0 Å². The molecule has 0 saturated carbocycles. The molecule has 0 saturated heterocycles. The molecule has 0 bridgehead atoms. The molecule has 1 aromatic heterocycles. The van der Waals surface area contributed by atoms with Crippen molar-refractivity contribution >= 4 is 29.0 Å². The number of nitrogens with two attached hydrogens (primary N) is 1. The zero-order valence-electron chi connectivity index (χ0n) is 8.64. The van der Waals surface area contributed by atoms with Crippen molar-refractivity contribution in [2.75, 3.05) is 5.73 Å². The van der Waals surface area contributed by atoms with Gasteiger partial charge in [-0.25, -0.2) is 0 Å². The number of nitrogens with one attached hydrogen (secondary N) is 1. The van der Waals surface area contributed by atoms with Gasteiger partial charge >= 0.3 is 0 Å². The average Bonchev–Trinajstić information content (AvgIpc) is 2.38. The van der Waals surface area contributed by atoms with Crippen LogP contribution in [0.3, 0.4) is 0 Å². The Kier molecular flexibility index (Phi) is 2.76. The summed E-state index contributed by atoms with van der Waals surface area (Å²) in [6.07, 6.45) is 0. The molecule has 0 radical (unpaired) electrons. The monoisotopic (exact) mass is 210 g/mol. The van der Waals surface area contributed by atoms with Crippen LogP contribution in [0.15, 0.2) is 12.1 Å². The lowest BCUT2D eigenvalue weighted by Crippen LogP contribution is -1.89. The van der Waals surface area contributed by atoms with Crippen LogP contribution in [-0.2, 0) is 0 Å². The second-order valence-corrected chi connectivity index (χ2v) is 3.58. The standard InChI is InChI=1S/C11H14N2.ClH/c1-6-8(3)13-11-7(2)10(12)5-4-9(6)11;/h4-5,13H,12H2,1-3H3;1H. The maximum absolute atomic E-state index is 5.83. The molecule has 0 aliphatic carbocycles.